The van der Waals surface area contributed by atoms with Crippen LogP contribution in [0.4, 0.5) is 0 Å². The molecule has 0 unspecified atom stereocenters. The van der Waals surface area contributed by atoms with Gasteiger partial charge < -0.3 is 13.4 Å². The highest BCUT2D eigenvalue weighted by atomic mass is 16.3. The normalized spacial score (nSPS) is 12.0. The average molecular weight is 576 g/mol. The van der Waals surface area contributed by atoms with Crippen LogP contribution >= 0.6 is 0 Å². The van der Waals surface area contributed by atoms with Gasteiger partial charge in [0, 0.05) is 37.9 Å². The van der Waals surface area contributed by atoms with E-state index >= 15 is 0 Å². The molecule has 210 valence electrons. The number of hydrogen-bond acceptors (Lipinski definition) is 2. The maximum Gasteiger partial charge on any atom is 0.159 e. The minimum atomic E-state index is 0.865. The topological polar surface area (TPSA) is 31.2 Å². The Morgan fingerprint density at radius 3 is 1.93 bits per heavy atom. The number of para-hydroxylation sites is 4. The van der Waals surface area contributed by atoms with Gasteiger partial charge in [0.2, 0.25) is 0 Å². The first kappa shape index (κ1) is 24.4. The van der Waals surface area contributed by atoms with Gasteiger partial charge in [-0.3, -0.25) is 0 Å². The smallest absolute Gasteiger partial charge is 0.159 e. The van der Waals surface area contributed by atoms with Crippen LogP contribution in [0.2, 0.25) is 0 Å². The summed E-state index contributed by atoms with van der Waals surface area (Å²) in [5, 5.41) is 6.88. The zero-order chi connectivity index (χ0) is 29.5. The highest BCUT2D eigenvalue weighted by Gasteiger charge is 2.19. The fraction of sp³-hybridized carbons (Fsp3) is 0. The Morgan fingerprint density at radius 1 is 0.356 bits per heavy atom. The number of hydrogen-bond donors (Lipinski definition) is 0. The van der Waals surface area contributed by atoms with Gasteiger partial charge in [0.1, 0.15) is 16.7 Å². The molecule has 0 atom stereocenters. The van der Waals surface area contributed by atoms with Crippen LogP contribution in [0, 0.1) is 0 Å². The van der Waals surface area contributed by atoms with Crippen LogP contribution in [0.25, 0.3) is 93.6 Å². The fourth-order valence-corrected chi connectivity index (χ4v) is 7.14. The molecule has 0 spiro atoms. The summed E-state index contributed by atoms with van der Waals surface area (Å²) in [6.45, 7) is 0. The van der Waals surface area contributed by atoms with Crippen molar-refractivity contribution in [2.45, 2.75) is 0 Å². The van der Waals surface area contributed by atoms with Gasteiger partial charge in [0.25, 0.3) is 0 Å². The minimum absolute atomic E-state index is 0.865. The molecule has 0 bridgehead atoms. The van der Waals surface area contributed by atoms with Crippen molar-refractivity contribution in [1.29, 1.82) is 0 Å². The molecule has 3 aromatic heterocycles. The number of rotatable bonds is 3. The SMILES string of the molecule is c1ccc(-c2ccc3c4ccccc4n(-c4cccc5c4oc4ccc(-c6cccc7c6oc6ccccc67)cc45)c3c2)cc1. The van der Waals surface area contributed by atoms with Gasteiger partial charge in [-0.2, -0.15) is 0 Å². The van der Waals surface area contributed by atoms with Crippen LogP contribution in [0.1, 0.15) is 0 Å². The fourth-order valence-electron chi connectivity index (χ4n) is 7.14. The molecule has 10 rings (SSSR count). The van der Waals surface area contributed by atoms with Crippen molar-refractivity contribution in [2.75, 3.05) is 0 Å². The molecule has 3 nitrogen and oxygen atoms in total. The Labute approximate surface area is 258 Å². The molecule has 0 saturated heterocycles. The second-order valence-corrected chi connectivity index (χ2v) is 11.7. The molecule has 10 aromatic rings. The molecule has 0 N–H and O–H groups in total. The second-order valence-electron chi connectivity index (χ2n) is 11.7. The molecule has 45 heavy (non-hydrogen) atoms. The third-order valence-electron chi connectivity index (χ3n) is 9.21. The lowest BCUT2D eigenvalue weighted by atomic mass is 10.0. The Balaban J connectivity index is 1.22. The van der Waals surface area contributed by atoms with E-state index in [0.29, 0.717) is 0 Å². The standard InChI is InChI=1S/C42H25NO2/c1-2-10-26(11-3-1)27-20-22-31-30-12-4-6-17-36(30)43(38(31)25-27)37-18-9-16-34-35-24-28(21-23-40(35)45-42(34)37)29-14-8-15-33-32-13-5-7-19-39(32)44-41(29)33/h1-25H. The van der Waals surface area contributed by atoms with Crippen LogP contribution < -0.4 is 0 Å². The quantitative estimate of drug-likeness (QED) is 0.210. The predicted molar refractivity (Wildman–Crippen MR) is 186 cm³/mol. The lowest BCUT2D eigenvalue weighted by Gasteiger charge is -2.09. The van der Waals surface area contributed by atoms with Crippen molar-refractivity contribution >= 4 is 65.7 Å². The third-order valence-corrected chi connectivity index (χ3v) is 9.21. The summed E-state index contributed by atoms with van der Waals surface area (Å²) in [5.41, 5.74) is 11.5. The van der Waals surface area contributed by atoms with Crippen molar-refractivity contribution in [3.8, 4) is 27.9 Å². The maximum atomic E-state index is 6.70. The van der Waals surface area contributed by atoms with Gasteiger partial charge in [0.05, 0.1) is 16.7 Å². The van der Waals surface area contributed by atoms with Crippen molar-refractivity contribution in [2.24, 2.45) is 0 Å². The first-order valence-corrected chi connectivity index (χ1v) is 15.3. The van der Waals surface area contributed by atoms with E-state index in [1.807, 2.05) is 12.1 Å². The number of fused-ring (bicyclic) bond motifs is 9. The highest BCUT2D eigenvalue weighted by molar-refractivity contribution is 6.15. The largest absolute Gasteiger partial charge is 0.455 e. The van der Waals surface area contributed by atoms with E-state index in [-0.39, 0.29) is 0 Å². The molecule has 0 aliphatic carbocycles. The van der Waals surface area contributed by atoms with Crippen LogP contribution in [-0.2, 0) is 0 Å². The van der Waals surface area contributed by atoms with Crippen LogP contribution in [0.15, 0.2) is 160 Å². The molecule has 0 amide bonds. The van der Waals surface area contributed by atoms with Gasteiger partial charge >= 0.3 is 0 Å². The first-order valence-electron chi connectivity index (χ1n) is 15.3. The molecule has 0 aliphatic heterocycles. The lowest BCUT2D eigenvalue weighted by Crippen LogP contribution is -1.94. The van der Waals surface area contributed by atoms with E-state index in [4.69, 9.17) is 8.83 Å². The molecule has 3 heterocycles. The predicted octanol–water partition coefficient (Wildman–Crippen LogP) is 11.9. The monoisotopic (exact) mass is 575 g/mol. The molecular weight excluding hydrogens is 550 g/mol. The summed E-state index contributed by atoms with van der Waals surface area (Å²) >= 11 is 0. The molecule has 3 heteroatoms. The van der Waals surface area contributed by atoms with E-state index in [1.165, 1.54) is 21.9 Å². The Kier molecular flexibility index (Phi) is 5.00. The van der Waals surface area contributed by atoms with Gasteiger partial charge in [-0.15, -0.1) is 0 Å². The summed E-state index contributed by atoms with van der Waals surface area (Å²) in [5.74, 6) is 0. The average Bonchev–Trinajstić information content (AvgIpc) is 3.77. The van der Waals surface area contributed by atoms with Gasteiger partial charge in [-0.05, 0) is 53.1 Å². The van der Waals surface area contributed by atoms with Crippen molar-refractivity contribution < 1.29 is 8.83 Å². The Hall–Kier alpha value is -6.06. The number of benzene rings is 7. The molecule has 0 saturated carbocycles. The number of aromatic nitrogens is 1. The Bertz CT molecular complexity index is 2760. The van der Waals surface area contributed by atoms with E-state index in [2.05, 4.69) is 144 Å². The minimum Gasteiger partial charge on any atom is -0.455 e. The van der Waals surface area contributed by atoms with E-state index in [9.17, 15) is 0 Å². The Morgan fingerprint density at radius 2 is 1.02 bits per heavy atom. The van der Waals surface area contributed by atoms with Crippen molar-refractivity contribution in [3.05, 3.63) is 152 Å². The summed E-state index contributed by atoms with van der Waals surface area (Å²) < 4.78 is 15.4. The van der Waals surface area contributed by atoms with Crippen LogP contribution in [0.3, 0.4) is 0 Å². The van der Waals surface area contributed by atoms with E-state index < -0.39 is 0 Å². The van der Waals surface area contributed by atoms with Crippen LogP contribution in [-0.4, -0.2) is 4.57 Å². The lowest BCUT2D eigenvalue weighted by molar-refractivity contribution is 0.666. The molecule has 0 radical (unpaired) electrons. The summed E-state index contributed by atoms with van der Waals surface area (Å²) in [6.07, 6.45) is 0. The molecule has 0 aliphatic rings. The maximum absolute atomic E-state index is 6.70. The van der Waals surface area contributed by atoms with Gasteiger partial charge in [0.15, 0.2) is 5.58 Å². The first-order chi connectivity index (χ1) is 22.3. The third kappa shape index (κ3) is 3.52. The summed E-state index contributed by atoms with van der Waals surface area (Å²) in [7, 11) is 0. The molecule has 0 fully saturated rings. The highest BCUT2D eigenvalue weighted by Crippen LogP contribution is 2.41. The van der Waals surface area contributed by atoms with E-state index in [0.717, 1.165) is 71.7 Å². The van der Waals surface area contributed by atoms with Crippen molar-refractivity contribution in [1.82, 2.24) is 4.57 Å². The number of nitrogens with zero attached hydrogens (tertiary/aromatic N) is 1. The molecular formula is C42H25NO2. The second kappa shape index (κ2) is 9.22. The van der Waals surface area contributed by atoms with Crippen molar-refractivity contribution in [3.63, 3.8) is 0 Å². The summed E-state index contributed by atoms with van der Waals surface area (Å²) in [4.78, 5) is 0. The van der Waals surface area contributed by atoms with Gasteiger partial charge in [-0.1, -0.05) is 115 Å². The van der Waals surface area contributed by atoms with Crippen LogP contribution in [0.5, 0.6) is 0 Å². The molecule has 7 aromatic carbocycles. The van der Waals surface area contributed by atoms with E-state index in [1.54, 1.807) is 0 Å². The zero-order valence-corrected chi connectivity index (χ0v) is 24.2. The summed E-state index contributed by atoms with van der Waals surface area (Å²) in [6, 6.07) is 53.5. The zero-order valence-electron chi connectivity index (χ0n) is 24.2. The van der Waals surface area contributed by atoms with Gasteiger partial charge in [-0.25, -0.2) is 0 Å². The number of furan rings is 2.